The van der Waals surface area contributed by atoms with Gasteiger partial charge in [0.2, 0.25) is 0 Å². The Hall–Kier alpha value is -3.26. The molecule has 0 N–H and O–H groups in total. The Bertz CT molecular complexity index is 1010. The molecule has 0 aromatic heterocycles. The van der Waals surface area contributed by atoms with Crippen molar-refractivity contribution in [3.63, 3.8) is 0 Å². The van der Waals surface area contributed by atoms with Crippen molar-refractivity contribution in [2.24, 2.45) is 0 Å². The number of carbonyl (C=O) groups is 2. The molecule has 0 radical (unpaired) electrons. The van der Waals surface area contributed by atoms with Gasteiger partial charge in [-0.2, -0.15) is 24.3 Å². The molecule has 0 aliphatic heterocycles. The molecule has 3 heteroatoms. The predicted molar refractivity (Wildman–Crippen MR) is 114 cm³/mol. The van der Waals surface area contributed by atoms with Crippen LogP contribution in [0.25, 0.3) is 6.08 Å². The van der Waals surface area contributed by atoms with Gasteiger partial charge in [-0.1, -0.05) is 54.6 Å². The summed E-state index contributed by atoms with van der Waals surface area (Å²) in [6.07, 6.45) is 3.43. The van der Waals surface area contributed by atoms with E-state index in [0.29, 0.717) is 0 Å². The number of rotatable bonds is 5. The van der Waals surface area contributed by atoms with Crippen LogP contribution in [0.1, 0.15) is 31.8 Å². The van der Waals surface area contributed by atoms with E-state index >= 15 is 0 Å². The minimum Gasteiger partial charge on any atom is -0.644 e. The van der Waals surface area contributed by atoms with Crippen molar-refractivity contribution in [3.05, 3.63) is 138 Å². The molecule has 0 aliphatic carbocycles. The molecule has 0 bridgehead atoms. The third kappa shape index (κ3) is 6.69. The summed E-state index contributed by atoms with van der Waals surface area (Å²) in [4.78, 5) is 23.4. The molecule has 0 spiro atoms. The fourth-order valence-electron chi connectivity index (χ4n) is 2.65. The average Bonchev–Trinajstić information content (AvgIpc) is 3.47. The minimum atomic E-state index is 0. The molecule has 0 atom stereocenters. The van der Waals surface area contributed by atoms with Crippen molar-refractivity contribution in [1.29, 1.82) is 0 Å². The smallest absolute Gasteiger partial charge is 0.146 e. The maximum atomic E-state index is 11.7. The van der Waals surface area contributed by atoms with Gasteiger partial charge in [0.1, 0.15) is 5.78 Å². The molecule has 0 unspecified atom stereocenters. The van der Waals surface area contributed by atoms with Crippen LogP contribution in [0.15, 0.2) is 115 Å². The molecule has 29 heavy (non-hydrogen) atoms. The monoisotopic (exact) mass is 420 g/mol. The van der Waals surface area contributed by atoms with Gasteiger partial charge in [-0.15, -0.1) is 23.8 Å². The second-order valence-electron chi connectivity index (χ2n) is 6.15. The van der Waals surface area contributed by atoms with Crippen LogP contribution in [0.3, 0.4) is 0 Å². The zero-order valence-corrected chi connectivity index (χ0v) is 16.8. The average molecular weight is 420 g/mol. The largest absolute Gasteiger partial charge is 0.644 e. The predicted octanol–water partition coefficient (Wildman–Crippen LogP) is 5.94. The maximum absolute atomic E-state index is 11.7. The molecule has 0 saturated heterocycles. The fourth-order valence-corrected chi connectivity index (χ4v) is 2.65. The molecule has 0 aliphatic rings. The maximum Gasteiger partial charge on any atom is 0.146 e. The third-order valence-corrected chi connectivity index (χ3v) is 4.13. The number of allylic oxidation sites excluding steroid dienone is 1. The first kappa shape index (κ1) is 22.0. The Labute approximate surface area is 181 Å². The first-order valence-corrected chi connectivity index (χ1v) is 9.04. The molecule has 4 rings (SSSR count). The SMILES string of the molecule is O=C(C=C[c-]1cccc1)c1ccccc1.O=C(c1ccccc1)[c-]1[cH-][cH-][cH-][cH-]1.[Fe]. The topological polar surface area (TPSA) is 34.1 Å². The van der Waals surface area contributed by atoms with E-state index in [9.17, 15) is 9.59 Å². The molecule has 0 saturated carbocycles. The molecule has 0 amide bonds. The summed E-state index contributed by atoms with van der Waals surface area (Å²) in [5.74, 6) is 0.127. The molecule has 4 aromatic rings. The quantitative estimate of drug-likeness (QED) is 0.173. The number of benzene rings is 2. The van der Waals surface area contributed by atoms with Gasteiger partial charge in [-0.05, 0) is 0 Å². The summed E-state index contributed by atoms with van der Waals surface area (Å²) in [6.45, 7) is 0. The summed E-state index contributed by atoms with van der Waals surface area (Å²) in [5, 5.41) is 0. The van der Waals surface area contributed by atoms with E-state index in [1.807, 2.05) is 115 Å². The van der Waals surface area contributed by atoms with Crippen LogP contribution in [0, 0.1) is 0 Å². The molecular formula is C26H20FeO2-6. The van der Waals surface area contributed by atoms with Crippen LogP contribution >= 0.6 is 0 Å². The Balaban J connectivity index is 0.000000202. The van der Waals surface area contributed by atoms with Crippen molar-refractivity contribution in [2.75, 3.05) is 0 Å². The third-order valence-electron chi connectivity index (χ3n) is 4.13. The van der Waals surface area contributed by atoms with Gasteiger partial charge in [0.05, 0.1) is 0 Å². The van der Waals surface area contributed by atoms with Crippen LogP contribution in [-0.4, -0.2) is 11.6 Å². The molecule has 2 nitrogen and oxygen atoms in total. The number of hydrogen-bond donors (Lipinski definition) is 0. The summed E-state index contributed by atoms with van der Waals surface area (Å²) in [7, 11) is 0. The van der Waals surface area contributed by atoms with Crippen LogP contribution < -0.4 is 0 Å². The van der Waals surface area contributed by atoms with Gasteiger partial charge in [0, 0.05) is 22.6 Å². The molecule has 4 aromatic carbocycles. The Morgan fingerprint density at radius 3 is 1.79 bits per heavy atom. The van der Waals surface area contributed by atoms with E-state index in [1.165, 1.54) is 0 Å². The number of hydrogen-bond acceptors (Lipinski definition) is 2. The van der Waals surface area contributed by atoms with E-state index in [1.54, 1.807) is 6.08 Å². The van der Waals surface area contributed by atoms with E-state index in [0.717, 1.165) is 22.3 Å². The van der Waals surface area contributed by atoms with Crippen LogP contribution in [0.5, 0.6) is 0 Å². The Morgan fingerprint density at radius 1 is 0.724 bits per heavy atom. The van der Waals surface area contributed by atoms with Gasteiger partial charge in [-0.25, -0.2) is 0 Å². The van der Waals surface area contributed by atoms with Gasteiger partial charge in [0.15, 0.2) is 0 Å². The van der Waals surface area contributed by atoms with Gasteiger partial charge < -0.3 is 50.8 Å². The fraction of sp³-hybridized carbons (Fsp3) is 0. The van der Waals surface area contributed by atoms with E-state index < -0.39 is 0 Å². The normalized spacial score (nSPS) is 9.93. The summed E-state index contributed by atoms with van der Waals surface area (Å²) in [5.41, 5.74) is 3.28. The van der Waals surface area contributed by atoms with Gasteiger partial charge in [-0.3, -0.25) is 0 Å². The summed E-state index contributed by atoms with van der Waals surface area (Å²) < 4.78 is 0. The van der Waals surface area contributed by atoms with Gasteiger partial charge >= 0.3 is 0 Å². The standard InChI is InChI=1S/C14H11O.C12H9O.Fe/c15-14(13-8-2-1-3-9-13)11-10-12-6-4-5-7-12;13-12(11-8-4-5-9-11)10-6-2-1-3-7-10;/h1-11H;1-9H;/q-1;-5;. The zero-order chi connectivity index (χ0) is 19.6. The van der Waals surface area contributed by atoms with E-state index in [-0.39, 0.29) is 28.6 Å². The van der Waals surface area contributed by atoms with Crippen LogP contribution in [0.4, 0.5) is 0 Å². The van der Waals surface area contributed by atoms with Crippen molar-refractivity contribution >= 4 is 17.6 Å². The second kappa shape index (κ2) is 11.6. The Kier molecular flexibility index (Phi) is 8.78. The van der Waals surface area contributed by atoms with Crippen molar-refractivity contribution in [3.8, 4) is 0 Å². The van der Waals surface area contributed by atoms with Crippen LogP contribution in [0.2, 0.25) is 0 Å². The van der Waals surface area contributed by atoms with Crippen molar-refractivity contribution in [2.45, 2.75) is 0 Å². The van der Waals surface area contributed by atoms with Gasteiger partial charge in [0.25, 0.3) is 0 Å². The van der Waals surface area contributed by atoms with E-state index in [2.05, 4.69) is 0 Å². The first-order chi connectivity index (χ1) is 13.7. The number of ketones is 2. The van der Waals surface area contributed by atoms with E-state index in [4.69, 9.17) is 0 Å². The number of carbonyl (C=O) groups excluding carboxylic acids is 2. The first-order valence-electron chi connectivity index (χ1n) is 9.04. The van der Waals surface area contributed by atoms with Crippen molar-refractivity contribution in [1.82, 2.24) is 0 Å². The summed E-state index contributed by atoms with van der Waals surface area (Å²) in [6, 6.07) is 33.8. The Morgan fingerprint density at radius 2 is 1.24 bits per heavy atom. The molecule has 150 valence electrons. The van der Waals surface area contributed by atoms with Crippen LogP contribution in [-0.2, 0) is 17.1 Å². The second-order valence-corrected chi connectivity index (χ2v) is 6.15. The molecule has 0 heterocycles. The minimum absolute atomic E-state index is 0. The molecular weight excluding hydrogens is 400 g/mol. The zero-order valence-electron chi connectivity index (χ0n) is 15.7. The summed E-state index contributed by atoms with van der Waals surface area (Å²) >= 11 is 0. The molecule has 0 fully saturated rings. The van der Waals surface area contributed by atoms with Crippen molar-refractivity contribution < 1.29 is 26.7 Å².